The molecule has 4 heteroatoms. The minimum atomic E-state index is -0.711. The van der Waals surface area contributed by atoms with Crippen molar-refractivity contribution in [1.82, 2.24) is 0 Å². The summed E-state index contributed by atoms with van der Waals surface area (Å²) in [6.07, 6.45) is 3.42. The summed E-state index contributed by atoms with van der Waals surface area (Å²) in [5.41, 5.74) is 0. The third-order valence-electron chi connectivity index (χ3n) is 1.88. The number of aliphatic carboxylic acids is 1. The quantitative estimate of drug-likeness (QED) is 0.700. The van der Waals surface area contributed by atoms with Crippen molar-refractivity contribution >= 4 is 11.9 Å². The molecule has 0 aliphatic rings. The van der Waals surface area contributed by atoms with Gasteiger partial charge in [-0.05, 0) is 25.2 Å². The van der Waals surface area contributed by atoms with Gasteiger partial charge in [0.15, 0.2) is 0 Å². The van der Waals surface area contributed by atoms with E-state index in [1.807, 2.05) is 13.8 Å². The summed E-state index contributed by atoms with van der Waals surface area (Å²) in [6.45, 7) is 8.63. The van der Waals surface area contributed by atoms with Crippen molar-refractivity contribution in [2.75, 3.05) is 6.61 Å². The smallest absolute Gasteiger partial charge is 0.305 e. The molecule has 0 heterocycles. The van der Waals surface area contributed by atoms with Crippen molar-refractivity contribution in [3.8, 4) is 0 Å². The Kier molecular flexibility index (Phi) is 14.0. The van der Waals surface area contributed by atoms with E-state index < -0.39 is 5.97 Å². The Morgan fingerprint density at radius 1 is 1.12 bits per heavy atom. The van der Waals surface area contributed by atoms with Crippen molar-refractivity contribution in [3.63, 3.8) is 0 Å². The van der Waals surface area contributed by atoms with Crippen LogP contribution in [0.1, 0.15) is 59.8 Å². The molecule has 0 radical (unpaired) electrons. The Morgan fingerprint density at radius 2 is 1.65 bits per heavy atom. The number of carbonyl (C=O) groups is 2. The average molecular weight is 246 g/mol. The first-order chi connectivity index (χ1) is 7.93. The van der Waals surface area contributed by atoms with E-state index in [0.29, 0.717) is 25.4 Å². The maximum Gasteiger partial charge on any atom is 0.305 e. The second-order valence-electron chi connectivity index (χ2n) is 4.30. The molecule has 0 fully saturated rings. The summed E-state index contributed by atoms with van der Waals surface area (Å²) in [4.78, 5) is 20.4. The maximum absolute atomic E-state index is 10.8. The van der Waals surface area contributed by atoms with Gasteiger partial charge in [0.1, 0.15) is 0 Å². The molecule has 0 rings (SSSR count). The van der Waals surface area contributed by atoms with E-state index in [2.05, 4.69) is 13.8 Å². The third-order valence-corrected chi connectivity index (χ3v) is 1.88. The summed E-state index contributed by atoms with van der Waals surface area (Å²) in [7, 11) is 0. The predicted octanol–water partition coefficient (Wildman–Crippen LogP) is 3.25. The van der Waals surface area contributed by atoms with E-state index >= 15 is 0 Å². The predicted molar refractivity (Wildman–Crippen MR) is 67.9 cm³/mol. The third kappa shape index (κ3) is 20.9. The normalized spacial score (nSPS) is 9.47. The largest absolute Gasteiger partial charge is 0.481 e. The monoisotopic (exact) mass is 246 g/mol. The number of ether oxygens (including phenoxy) is 1. The zero-order chi connectivity index (χ0) is 13.7. The SMILES string of the molecule is CCCC(=O)O.CCCC(=O)OCCC(C)C. The van der Waals surface area contributed by atoms with Crippen LogP contribution in [0.2, 0.25) is 0 Å². The standard InChI is InChI=1S/C9H18O2.C4H8O2/c1-4-5-9(10)11-7-6-8(2)3;1-2-3-4(5)6/h8H,4-7H2,1-3H3;2-3H2,1H3,(H,5,6). The summed E-state index contributed by atoms with van der Waals surface area (Å²) < 4.78 is 4.95. The van der Waals surface area contributed by atoms with E-state index in [9.17, 15) is 9.59 Å². The second-order valence-corrected chi connectivity index (χ2v) is 4.30. The number of esters is 1. The van der Waals surface area contributed by atoms with Crippen LogP contribution in [0.15, 0.2) is 0 Å². The van der Waals surface area contributed by atoms with E-state index in [1.165, 1.54) is 0 Å². The van der Waals surface area contributed by atoms with Gasteiger partial charge in [0.25, 0.3) is 0 Å². The van der Waals surface area contributed by atoms with Crippen LogP contribution in [0.4, 0.5) is 0 Å². The van der Waals surface area contributed by atoms with Crippen LogP contribution in [0.25, 0.3) is 0 Å². The number of carbonyl (C=O) groups excluding carboxylic acids is 1. The van der Waals surface area contributed by atoms with Crippen molar-refractivity contribution < 1.29 is 19.4 Å². The fourth-order valence-corrected chi connectivity index (χ4v) is 0.899. The molecule has 0 aromatic carbocycles. The molecule has 0 saturated carbocycles. The van der Waals surface area contributed by atoms with Gasteiger partial charge in [-0.3, -0.25) is 9.59 Å². The molecule has 0 aromatic heterocycles. The Balaban J connectivity index is 0. The lowest BCUT2D eigenvalue weighted by molar-refractivity contribution is -0.144. The molecule has 0 bridgehead atoms. The Labute approximate surface area is 104 Å². The van der Waals surface area contributed by atoms with Gasteiger partial charge in [-0.15, -0.1) is 0 Å². The van der Waals surface area contributed by atoms with Gasteiger partial charge in [-0.1, -0.05) is 27.7 Å². The first-order valence-electron chi connectivity index (χ1n) is 6.31. The molecule has 0 unspecified atom stereocenters. The second kappa shape index (κ2) is 13.0. The Hall–Kier alpha value is -1.06. The van der Waals surface area contributed by atoms with Crippen molar-refractivity contribution in [3.05, 3.63) is 0 Å². The van der Waals surface area contributed by atoms with Crippen molar-refractivity contribution in [2.45, 2.75) is 59.8 Å². The van der Waals surface area contributed by atoms with Gasteiger partial charge < -0.3 is 9.84 Å². The lowest BCUT2D eigenvalue weighted by atomic mass is 10.1. The number of carboxylic acids is 1. The minimum Gasteiger partial charge on any atom is -0.481 e. The van der Waals surface area contributed by atoms with Gasteiger partial charge in [-0.2, -0.15) is 0 Å². The van der Waals surface area contributed by atoms with Gasteiger partial charge in [-0.25, -0.2) is 0 Å². The summed E-state index contributed by atoms with van der Waals surface area (Å²) in [5, 5.41) is 7.91. The van der Waals surface area contributed by atoms with Crippen LogP contribution in [0.5, 0.6) is 0 Å². The highest BCUT2D eigenvalue weighted by Gasteiger charge is 2.00. The lowest BCUT2D eigenvalue weighted by Crippen LogP contribution is -2.06. The zero-order valence-electron chi connectivity index (χ0n) is 11.5. The number of hydrogen-bond donors (Lipinski definition) is 1. The molecule has 0 spiro atoms. The van der Waals surface area contributed by atoms with Crippen LogP contribution < -0.4 is 0 Å². The lowest BCUT2D eigenvalue weighted by Gasteiger charge is -2.05. The number of rotatable bonds is 7. The first kappa shape index (κ1) is 18.3. The fraction of sp³-hybridized carbons (Fsp3) is 0.846. The first-order valence-corrected chi connectivity index (χ1v) is 6.31. The Bertz CT molecular complexity index is 200. The minimum absolute atomic E-state index is 0.0619. The number of hydrogen-bond acceptors (Lipinski definition) is 3. The van der Waals surface area contributed by atoms with E-state index in [0.717, 1.165) is 19.3 Å². The fourth-order valence-electron chi connectivity index (χ4n) is 0.899. The molecule has 102 valence electrons. The van der Waals surface area contributed by atoms with Crippen molar-refractivity contribution in [1.29, 1.82) is 0 Å². The summed E-state index contributed by atoms with van der Waals surface area (Å²) in [5.74, 6) is -0.157. The van der Waals surface area contributed by atoms with Crippen molar-refractivity contribution in [2.24, 2.45) is 5.92 Å². The molecule has 4 nitrogen and oxygen atoms in total. The maximum atomic E-state index is 10.8. The van der Waals surface area contributed by atoms with Crippen LogP contribution in [-0.4, -0.2) is 23.7 Å². The molecular weight excluding hydrogens is 220 g/mol. The van der Waals surface area contributed by atoms with E-state index in [-0.39, 0.29) is 5.97 Å². The molecule has 0 amide bonds. The highest BCUT2D eigenvalue weighted by molar-refractivity contribution is 5.69. The van der Waals surface area contributed by atoms with Crippen LogP contribution in [0, 0.1) is 5.92 Å². The molecule has 0 saturated heterocycles. The molecule has 0 aromatic rings. The van der Waals surface area contributed by atoms with Crippen LogP contribution in [0.3, 0.4) is 0 Å². The van der Waals surface area contributed by atoms with Crippen LogP contribution >= 0.6 is 0 Å². The van der Waals surface area contributed by atoms with Gasteiger partial charge in [0.05, 0.1) is 6.61 Å². The Morgan fingerprint density at radius 3 is 1.94 bits per heavy atom. The molecule has 17 heavy (non-hydrogen) atoms. The molecular formula is C13H26O4. The van der Waals surface area contributed by atoms with E-state index in [1.54, 1.807) is 0 Å². The molecule has 0 atom stereocenters. The highest BCUT2D eigenvalue weighted by atomic mass is 16.5. The van der Waals surface area contributed by atoms with E-state index in [4.69, 9.17) is 9.84 Å². The highest BCUT2D eigenvalue weighted by Crippen LogP contribution is 2.00. The van der Waals surface area contributed by atoms with Crippen LogP contribution in [-0.2, 0) is 14.3 Å². The number of carboxylic acid groups (broad SMARTS) is 1. The average Bonchev–Trinajstić information content (AvgIpc) is 2.18. The topological polar surface area (TPSA) is 63.6 Å². The molecule has 0 aliphatic carbocycles. The summed E-state index contributed by atoms with van der Waals surface area (Å²) >= 11 is 0. The van der Waals surface area contributed by atoms with Gasteiger partial charge in [0, 0.05) is 12.8 Å². The summed E-state index contributed by atoms with van der Waals surface area (Å²) in [6, 6.07) is 0. The van der Waals surface area contributed by atoms with Gasteiger partial charge >= 0.3 is 11.9 Å². The molecule has 0 aliphatic heterocycles. The van der Waals surface area contributed by atoms with Gasteiger partial charge in [0.2, 0.25) is 0 Å². The molecule has 1 N–H and O–H groups in total. The zero-order valence-corrected chi connectivity index (χ0v) is 11.5.